The van der Waals surface area contributed by atoms with Gasteiger partial charge in [0.15, 0.2) is 0 Å². The first kappa shape index (κ1) is 13.4. The van der Waals surface area contributed by atoms with Gasteiger partial charge in [0.25, 0.3) is 0 Å². The maximum absolute atomic E-state index is 12.8. The first-order chi connectivity index (χ1) is 9.00. The van der Waals surface area contributed by atoms with Crippen LogP contribution >= 0.6 is 0 Å². The molecular formula is C14H17FN4. The van der Waals surface area contributed by atoms with Crippen molar-refractivity contribution in [2.75, 3.05) is 11.9 Å². The maximum Gasteiger partial charge on any atom is 0.149 e. The van der Waals surface area contributed by atoms with Gasteiger partial charge in [0.05, 0.1) is 5.69 Å². The minimum atomic E-state index is -0.264. The molecular weight excluding hydrogens is 243 g/mol. The molecule has 3 N–H and O–H groups in total. The molecule has 0 aliphatic heterocycles. The predicted octanol–water partition coefficient (Wildman–Crippen LogP) is 2.43. The van der Waals surface area contributed by atoms with Crippen molar-refractivity contribution in [1.82, 2.24) is 10.2 Å². The van der Waals surface area contributed by atoms with E-state index in [1.54, 1.807) is 12.1 Å². The average Bonchev–Trinajstić information content (AvgIpc) is 2.40. The molecule has 1 aromatic heterocycles. The molecule has 2 rings (SSSR count). The summed E-state index contributed by atoms with van der Waals surface area (Å²) in [5.74, 6) is 0.404. The second-order valence-corrected chi connectivity index (χ2v) is 5.02. The second-order valence-electron chi connectivity index (χ2n) is 5.02. The number of nitrogens with two attached hydrogens (primary N) is 1. The molecule has 2 aromatic rings. The van der Waals surface area contributed by atoms with E-state index >= 15 is 0 Å². The van der Waals surface area contributed by atoms with Crippen LogP contribution in [0.5, 0.6) is 0 Å². The third kappa shape index (κ3) is 3.48. The van der Waals surface area contributed by atoms with Crippen LogP contribution in [-0.4, -0.2) is 22.3 Å². The molecule has 4 nitrogen and oxygen atoms in total. The number of hydrogen-bond acceptors (Lipinski definition) is 4. The molecule has 19 heavy (non-hydrogen) atoms. The van der Waals surface area contributed by atoms with Gasteiger partial charge in [-0.15, -0.1) is 10.2 Å². The highest BCUT2D eigenvalue weighted by atomic mass is 19.1. The zero-order valence-electron chi connectivity index (χ0n) is 11.0. The van der Waals surface area contributed by atoms with Gasteiger partial charge in [-0.05, 0) is 50.2 Å². The zero-order valence-corrected chi connectivity index (χ0v) is 11.0. The molecule has 0 spiro atoms. The van der Waals surface area contributed by atoms with E-state index in [4.69, 9.17) is 5.73 Å². The predicted molar refractivity (Wildman–Crippen MR) is 74.2 cm³/mol. The third-order valence-electron chi connectivity index (χ3n) is 2.78. The van der Waals surface area contributed by atoms with Crippen LogP contribution in [0.2, 0.25) is 0 Å². The molecule has 0 amide bonds. The summed E-state index contributed by atoms with van der Waals surface area (Å²) < 4.78 is 12.8. The van der Waals surface area contributed by atoms with Crippen LogP contribution in [0.15, 0.2) is 36.4 Å². The Kier molecular flexibility index (Phi) is 3.76. The monoisotopic (exact) mass is 260 g/mol. The van der Waals surface area contributed by atoms with Crippen molar-refractivity contribution in [3.05, 3.63) is 42.2 Å². The highest BCUT2D eigenvalue weighted by Gasteiger charge is 2.15. The first-order valence-corrected chi connectivity index (χ1v) is 6.08. The second kappa shape index (κ2) is 5.32. The molecule has 1 aromatic carbocycles. The number of halogens is 1. The molecule has 100 valence electrons. The Morgan fingerprint density at radius 1 is 1.11 bits per heavy atom. The van der Waals surface area contributed by atoms with Gasteiger partial charge < -0.3 is 11.1 Å². The molecule has 0 unspecified atom stereocenters. The molecule has 5 heteroatoms. The molecule has 0 saturated carbocycles. The van der Waals surface area contributed by atoms with Crippen LogP contribution in [0.4, 0.5) is 10.2 Å². The summed E-state index contributed by atoms with van der Waals surface area (Å²) in [6, 6.07) is 9.84. The molecule has 0 aliphatic carbocycles. The summed E-state index contributed by atoms with van der Waals surface area (Å²) in [5, 5.41) is 11.4. The number of nitrogens with zero attached hydrogens (tertiary/aromatic N) is 2. The van der Waals surface area contributed by atoms with Crippen LogP contribution in [0.3, 0.4) is 0 Å². The fraction of sp³-hybridized carbons (Fsp3) is 0.286. The summed E-state index contributed by atoms with van der Waals surface area (Å²) in [6.07, 6.45) is 0. The Morgan fingerprint density at radius 3 is 2.32 bits per heavy atom. The van der Waals surface area contributed by atoms with E-state index in [-0.39, 0.29) is 11.4 Å². The molecule has 0 bridgehead atoms. The molecule has 0 atom stereocenters. The van der Waals surface area contributed by atoms with E-state index in [0.29, 0.717) is 18.1 Å². The number of hydrogen-bond donors (Lipinski definition) is 2. The van der Waals surface area contributed by atoms with E-state index in [2.05, 4.69) is 15.5 Å². The zero-order chi connectivity index (χ0) is 13.9. The lowest BCUT2D eigenvalue weighted by atomic mass is 10.1. The van der Waals surface area contributed by atoms with Crippen LogP contribution in [0, 0.1) is 5.82 Å². The van der Waals surface area contributed by atoms with Crippen molar-refractivity contribution >= 4 is 5.82 Å². The average molecular weight is 260 g/mol. The van der Waals surface area contributed by atoms with Crippen molar-refractivity contribution in [1.29, 1.82) is 0 Å². The van der Waals surface area contributed by atoms with Crippen LogP contribution in [0.1, 0.15) is 13.8 Å². The van der Waals surface area contributed by atoms with Gasteiger partial charge in [0, 0.05) is 17.6 Å². The van der Waals surface area contributed by atoms with Gasteiger partial charge in [-0.25, -0.2) is 4.39 Å². The third-order valence-corrected chi connectivity index (χ3v) is 2.78. The van der Waals surface area contributed by atoms with E-state index in [9.17, 15) is 4.39 Å². The van der Waals surface area contributed by atoms with E-state index in [1.807, 2.05) is 26.0 Å². The standard InChI is InChI=1S/C14H17FN4/c1-14(2,9-16)17-13-8-7-12(18-19-13)10-3-5-11(15)6-4-10/h3-8H,9,16H2,1-2H3,(H,17,19). The Balaban J connectivity index is 2.16. The van der Waals surface area contributed by atoms with Crippen LogP contribution in [0.25, 0.3) is 11.3 Å². The van der Waals surface area contributed by atoms with Crippen LogP contribution < -0.4 is 11.1 Å². The fourth-order valence-electron chi connectivity index (χ4n) is 1.57. The SMILES string of the molecule is CC(C)(CN)Nc1ccc(-c2ccc(F)cc2)nn1. The summed E-state index contributed by atoms with van der Waals surface area (Å²) >= 11 is 0. The van der Waals surface area contributed by atoms with E-state index in [1.165, 1.54) is 12.1 Å². The summed E-state index contributed by atoms with van der Waals surface area (Å²) in [6.45, 7) is 4.47. The largest absolute Gasteiger partial charge is 0.362 e. The van der Waals surface area contributed by atoms with Crippen molar-refractivity contribution < 1.29 is 4.39 Å². The lowest BCUT2D eigenvalue weighted by Gasteiger charge is -2.24. The normalized spacial score (nSPS) is 11.4. The minimum absolute atomic E-state index is 0.230. The molecule has 0 fully saturated rings. The van der Waals surface area contributed by atoms with Gasteiger partial charge in [-0.2, -0.15) is 0 Å². The van der Waals surface area contributed by atoms with Gasteiger partial charge in [-0.3, -0.25) is 0 Å². The highest BCUT2D eigenvalue weighted by Crippen LogP contribution is 2.18. The van der Waals surface area contributed by atoms with Gasteiger partial charge in [0.2, 0.25) is 0 Å². The fourth-order valence-corrected chi connectivity index (χ4v) is 1.57. The molecule has 1 heterocycles. The summed E-state index contributed by atoms with van der Waals surface area (Å²) in [5.41, 5.74) is 6.95. The Bertz CT molecular complexity index is 534. The van der Waals surface area contributed by atoms with Crippen molar-refractivity contribution in [2.24, 2.45) is 5.73 Å². The van der Waals surface area contributed by atoms with Gasteiger partial charge in [0.1, 0.15) is 11.6 Å². The van der Waals surface area contributed by atoms with Gasteiger partial charge in [-0.1, -0.05) is 0 Å². The molecule has 0 saturated heterocycles. The van der Waals surface area contributed by atoms with Gasteiger partial charge >= 0.3 is 0 Å². The quantitative estimate of drug-likeness (QED) is 0.886. The number of benzene rings is 1. The number of rotatable bonds is 4. The topological polar surface area (TPSA) is 63.8 Å². The first-order valence-electron chi connectivity index (χ1n) is 6.08. The van der Waals surface area contributed by atoms with Crippen molar-refractivity contribution in [3.8, 4) is 11.3 Å². The van der Waals surface area contributed by atoms with Crippen LogP contribution in [-0.2, 0) is 0 Å². The molecule has 0 radical (unpaired) electrons. The summed E-state index contributed by atoms with van der Waals surface area (Å²) in [4.78, 5) is 0. The Morgan fingerprint density at radius 2 is 1.79 bits per heavy atom. The minimum Gasteiger partial charge on any atom is -0.362 e. The summed E-state index contributed by atoms with van der Waals surface area (Å²) in [7, 11) is 0. The van der Waals surface area contributed by atoms with Crippen molar-refractivity contribution in [3.63, 3.8) is 0 Å². The van der Waals surface area contributed by atoms with E-state index < -0.39 is 0 Å². The number of aromatic nitrogens is 2. The number of nitrogens with one attached hydrogen (secondary N) is 1. The Hall–Kier alpha value is -2.01. The highest BCUT2D eigenvalue weighted by molar-refractivity contribution is 5.59. The van der Waals surface area contributed by atoms with E-state index in [0.717, 1.165) is 5.56 Å². The Labute approximate surface area is 111 Å². The lowest BCUT2D eigenvalue weighted by molar-refractivity contribution is 0.576. The molecule has 0 aliphatic rings. The van der Waals surface area contributed by atoms with Crippen molar-refractivity contribution in [2.45, 2.75) is 19.4 Å². The lowest BCUT2D eigenvalue weighted by Crippen LogP contribution is -2.39. The number of anilines is 1. The smallest absolute Gasteiger partial charge is 0.149 e. The maximum atomic E-state index is 12.8.